The number of H-pyrrole nitrogens is 1. The minimum atomic E-state index is -4.51. The van der Waals surface area contributed by atoms with Crippen LogP contribution >= 0.6 is 0 Å². The van der Waals surface area contributed by atoms with Gasteiger partial charge in [-0.25, -0.2) is 0 Å². The lowest BCUT2D eigenvalue weighted by atomic mass is 10.2. The summed E-state index contributed by atoms with van der Waals surface area (Å²) in [6.07, 6.45) is -3.82. The Balaban J connectivity index is 2.75. The van der Waals surface area contributed by atoms with Crippen molar-refractivity contribution in [1.82, 2.24) is 15.5 Å². The molecule has 0 aliphatic heterocycles. The second kappa shape index (κ2) is 4.54. The maximum Gasteiger partial charge on any atom is 0.432 e. The first-order valence-electron chi connectivity index (χ1n) is 4.78. The number of rotatable bonds is 3. The average Bonchev–Trinajstić information content (AvgIpc) is 2.65. The predicted molar refractivity (Wildman–Crippen MR) is 50.8 cm³/mol. The molecule has 0 fully saturated rings. The van der Waals surface area contributed by atoms with Gasteiger partial charge in [-0.2, -0.15) is 18.3 Å². The molecule has 1 amide bonds. The number of carbonyl (C=O) groups is 1. The van der Waals surface area contributed by atoms with Crippen molar-refractivity contribution >= 4 is 5.91 Å². The van der Waals surface area contributed by atoms with Gasteiger partial charge in [-0.15, -0.1) is 0 Å². The standard InChI is InChI=1S/C9H12F3N3O/c1-3-5(2)13-8(16)6-4-7(15-14-6)9(10,11)12/h4-5H,3H2,1-2H3,(H,13,16)(H,14,15). The van der Waals surface area contributed by atoms with E-state index in [1.807, 2.05) is 6.92 Å². The summed E-state index contributed by atoms with van der Waals surface area (Å²) in [6.45, 7) is 3.62. The summed E-state index contributed by atoms with van der Waals surface area (Å²) in [6, 6.07) is 0.594. The van der Waals surface area contributed by atoms with Crippen molar-refractivity contribution in [2.24, 2.45) is 0 Å². The SMILES string of the molecule is CCC(C)NC(=O)c1cc(C(F)(F)F)[nH]n1. The summed E-state index contributed by atoms with van der Waals surface area (Å²) >= 11 is 0. The van der Waals surface area contributed by atoms with Gasteiger partial charge < -0.3 is 5.32 Å². The fourth-order valence-corrected chi connectivity index (χ4v) is 0.983. The number of carbonyl (C=O) groups excluding carboxylic acids is 1. The normalized spacial score (nSPS) is 13.6. The van der Waals surface area contributed by atoms with Crippen LogP contribution in [0, 0.1) is 0 Å². The minimum Gasteiger partial charge on any atom is -0.348 e. The monoisotopic (exact) mass is 235 g/mol. The third kappa shape index (κ3) is 2.98. The van der Waals surface area contributed by atoms with Crippen LogP contribution in [0.2, 0.25) is 0 Å². The Morgan fingerprint density at radius 3 is 2.69 bits per heavy atom. The van der Waals surface area contributed by atoms with Gasteiger partial charge in [-0.1, -0.05) is 6.92 Å². The molecule has 0 radical (unpaired) electrons. The molecule has 0 aromatic carbocycles. The van der Waals surface area contributed by atoms with Crippen molar-refractivity contribution in [3.63, 3.8) is 0 Å². The van der Waals surface area contributed by atoms with Gasteiger partial charge >= 0.3 is 6.18 Å². The topological polar surface area (TPSA) is 57.8 Å². The summed E-state index contributed by atoms with van der Waals surface area (Å²) < 4.78 is 36.6. The van der Waals surface area contributed by atoms with Gasteiger partial charge in [0, 0.05) is 12.1 Å². The maximum absolute atomic E-state index is 12.2. The molecule has 1 heterocycles. The molecule has 16 heavy (non-hydrogen) atoms. The summed E-state index contributed by atoms with van der Waals surface area (Å²) in [5.41, 5.74) is -1.28. The molecule has 4 nitrogen and oxygen atoms in total. The molecule has 1 atom stereocenters. The zero-order chi connectivity index (χ0) is 12.3. The first-order chi connectivity index (χ1) is 7.34. The lowest BCUT2D eigenvalue weighted by molar-refractivity contribution is -0.141. The van der Waals surface area contributed by atoms with Crippen LogP contribution < -0.4 is 5.32 Å². The van der Waals surface area contributed by atoms with Crippen LogP contribution in [0.15, 0.2) is 6.07 Å². The van der Waals surface area contributed by atoms with Crippen LogP contribution in [-0.2, 0) is 6.18 Å². The number of halogens is 3. The number of hydrogen-bond acceptors (Lipinski definition) is 2. The molecule has 7 heteroatoms. The van der Waals surface area contributed by atoms with Crippen molar-refractivity contribution in [3.8, 4) is 0 Å². The first-order valence-corrected chi connectivity index (χ1v) is 4.78. The molecule has 1 aromatic heterocycles. The van der Waals surface area contributed by atoms with E-state index in [-0.39, 0.29) is 11.7 Å². The van der Waals surface area contributed by atoms with Crippen molar-refractivity contribution in [3.05, 3.63) is 17.5 Å². The average molecular weight is 235 g/mol. The van der Waals surface area contributed by atoms with E-state index in [0.29, 0.717) is 12.5 Å². The fourth-order valence-electron chi connectivity index (χ4n) is 0.983. The smallest absolute Gasteiger partial charge is 0.348 e. The molecule has 2 N–H and O–H groups in total. The molecule has 90 valence electrons. The van der Waals surface area contributed by atoms with E-state index in [1.165, 1.54) is 0 Å². The Kier molecular flexibility index (Phi) is 3.56. The number of aromatic amines is 1. The zero-order valence-corrected chi connectivity index (χ0v) is 8.85. The highest BCUT2D eigenvalue weighted by molar-refractivity contribution is 5.92. The van der Waals surface area contributed by atoms with E-state index in [1.54, 1.807) is 12.0 Å². The van der Waals surface area contributed by atoms with Crippen molar-refractivity contribution in [2.75, 3.05) is 0 Å². The van der Waals surface area contributed by atoms with Crippen LogP contribution in [0.3, 0.4) is 0 Å². The Morgan fingerprint density at radius 1 is 1.62 bits per heavy atom. The van der Waals surface area contributed by atoms with E-state index in [2.05, 4.69) is 10.4 Å². The molecular weight excluding hydrogens is 223 g/mol. The van der Waals surface area contributed by atoms with Crippen LogP contribution in [0.1, 0.15) is 36.5 Å². The van der Waals surface area contributed by atoms with E-state index >= 15 is 0 Å². The van der Waals surface area contributed by atoms with Gasteiger partial charge in [0.25, 0.3) is 5.91 Å². The molecule has 0 spiro atoms. The molecule has 0 bridgehead atoms. The van der Waals surface area contributed by atoms with Gasteiger partial charge in [0.2, 0.25) is 0 Å². The van der Waals surface area contributed by atoms with Crippen LogP contribution in [0.4, 0.5) is 13.2 Å². The van der Waals surface area contributed by atoms with Gasteiger partial charge in [-0.05, 0) is 13.3 Å². The summed E-state index contributed by atoms with van der Waals surface area (Å²) in [4.78, 5) is 11.4. The quantitative estimate of drug-likeness (QED) is 0.841. The highest BCUT2D eigenvalue weighted by Crippen LogP contribution is 2.27. The first kappa shape index (κ1) is 12.5. The fraction of sp³-hybridized carbons (Fsp3) is 0.556. The lowest BCUT2D eigenvalue weighted by Crippen LogP contribution is -2.32. The number of nitrogens with zero attached hydrogens (tertiary/aromatic N) is 1. The largest absolute Gasteiger partial charge is 0.432 e. The summed E-state index contributed by atoms with van der Waals surface area (Å²) in [5.74, 6) is -0.610. The highest BCUT2D eigenvalue weighted by Gasteiger charge is 2.33. The third-order valence-corrected chi connectivity index (χ3v) is 2.11. The Hall–Kier alpha value is -1.53. The van der Waals surface area contributed by atoms with Gasteiger partial charge in [0.1, 0.15) is 5.69 Å². The van der Waals surface area contributed by atoms with Crippen molar-refractivity contribution in [2.45, 2.75) is 32.5 Å². The van der Waals surface area contributed by atoms with E-state index in [0.717, 1.165) is 0 Å². The lowest BCUT2D eigenvalue weighted by Gasteiger charge is -2.09. The van der Waals surface area contributed by atoms with Gasteiger partial charge in [0.15, 0.2) is 5.69 Å². The molecule has 0 aliphatic carbocycles. The zero-order valence-electron chi connectivity index (χ0n) is 8.85. The Morgan fingerprint density at radius 2 is 2.25 bits per heavy atom. The second-order valence-electron chi connectivity index (χ2n) is 3.45. The maximum atomic E-state index is 12.2. The molecule has 0 saturated heterocycles. The Bertz CT molecular complexity index is 372. The number of amides is 1. The molecule has 1 aromatic rings. The molecule has 0 saturated carbocycles. The molecule has 1 rings (SSSR count). The van der Waals surface area contributed by atoms with Crippen molar-refractivity contribution < 1.29 is 18.0 Å². The number of aromatic nitrogens is 2. The highest BCUT2D eigenvalue weighted by atomic mass is 19.4. The summed E-state index contributed by atoms with van der Waals surface area (Å²) in [7, 11) is 0. The van der Waals surface area contributed by atoms with Gasteiger partial charge in [-0.3, -0.25) is 9.89 Å². The van der Waals surface area contributed by atoms with E-state index in [9.17, 15) is 18.0 Å². The Labute approximate surface area is 90.2 Å². The number of hydrogen-bond donors (Lipinski definition) is 2. The number of alkyl halides is 3. The number of nitrogens with one attached hydrogen (secondary N) is 2. The van der Waals surface area contributed by atoms with E-state index in [4.69, 9.17) is 0 Å². The van der Waals surface area contributed by atoms with Crippen LogP contribution in [0.5, 0.6) is 0 Å². The minimum absolute atomic E-state index is 0.0986. The second-order valence-corrected chi connectivity index (χ2v) is 3.45. The molecule has 1 unspecified atom stereocenters. The van der Waals surface area contributed by atoms with Crippen LogP contribution in [0.25, 0.3) is 0 Å². The molecule has 0 aliphatic rings. The van der Waals surface area contributed by atoms with Gasteiger partial charge in [0.05, 0.1) is 0 Å². The van der Waals surface area contributed by atoms with Crippen LogP contribution in [-0.4, -0.2) is 22.1 Å². The predicted octanol–water partition coefficient (Wildman–Crippen LogP) is 1.96. The third-order valence-electron chi connectivity index (χ3n) is 2.11. The molecular formula is C9H12F3N3O. The van der Waals surface area contributed by atoms with Crippen molar-refractivity contribution in [1.29, 1.82) is 0 Å². The summed E-state index contributed by atoms with van der Waals surface area (Å²) in [5, 5.41) is 7.62. The van der Waals surface area contributed by atoms with E-state index < -0.39 is 17.8 Å².